The van der Waals surface area contributed by atoms with Crippen LogP contribution in [0.15, 0.2) is 58.6 Å². The Bertz CT molecular complexity index is 914. The molecule has 1 aromatic carbocycles. The van der Waals surface area contributed by atoms with Gasteiger partial charge in [-0.1, -0.05) is 17.8 Å². The minimum absolute atomic E-state index is 0.0315. The van der Waals surface area contributed by atoms with E-state index in [0.717, 1.165) is 11.8 Å². The molecule has 0 bridgehead atoms. The van der Waals surface area contributed by atoms with Crippen LogP contribution >= 0.6 is 11.8 Å². The standard InChI is InChI=1S/C17H13F2N3O2S/c1-2-24-17(23)13-10-15(25-12-6-3-5-11(18)9-12)22(21-13)14-7-4-8-20-16(14)19/h3-10H,2H2,1H3. The Kier molecular flexibility index (Phi) is 5.08. The lowest BCUT2D eigenvalue weighted by molar-refractivity contribution is 0.0519. The average molecular weight is 361 g/mol. The fraction of sp³-hybridized carbons (Fsp3) is 0.118. The van der Waals surface area contributed by atoms with E-state index in [1.54, 1.807) is 25.1 Å². The number of nitrogens with zero attached hydrogens (tertiary/aromatic N) is 3. The Hall–Kier alpha value is -2.74. The number of benzene rings is 1. The van der Waals surface area contributed by atoms with Gasteiger partial charge in [-0.2, -0.15) is 9.49 Å². The highest BCUT2D eigenvalue weighted by Gasteiger charge is 2.19. The molecule has 25 heavy (non-hydrogen) atoms. The van der Waals surface area contributed by atoms with Gasteiger partial charge in [-0.25, -0.2) is 18.9 Å². The first-order valence-electron chi connectivity index (χ1n) is 7.40. The van der Waals surface area contributed by atoms with Crippen molar-refractivity contribution in [1.29, 1.82) is 0 Å². The van der Waals surface area contributed by atoms with E-state index in [9.17, 15) is 13.6 Å². The van der Waals surface area contributed by atoms with Crippen LogP contribution in [0.3, 0.4) is 0 Å². The SMILES string of the molecule is CCOC(=O)c1cc(Sc2cccc(F)c2)n(-c2cccnc2F)n1. The van der Waals surface area contributed by atoms with Gasteiger partial charge in [-0.15, -0.1) is 0 Å². The number of ether oxygens (including phenoxy) is 1. The minimum atomic E-state index is -0.734. The zero-order chi connectivity index (χ0) is 17.8. The number of rotatable bonds is 5. The molecule has 0 radical (unpaired) electrons. The number of carbonyl (C=O) groups excluding carboxylic acids is 1. The molecule has 128 valence electrons. The van der Waals surface area contributed by atoms with Gasteiger partial charge in [0.25, 0.3) is 0 Å². The number of pyridine rings is 1. The summed E-state index contributed by atoms with van der Waals surface area (Å²) in [7, 11) is 0. The molecular formula is C17H13F2N3O2S. The van der Waals surface area contributed by atoms with E-state index in [1.807, 2.05) is 0 Å². The predicted octanol–water partition coefficient (Wildman–Crippen LogP) is 3.87. The second-order valence-electron chi connectivity index (χ2n) is 4.87. The summed E-state index contributed by atoms with van der Waals surface area (Å²) in [6.07, 6.45) is 1.31. The van der Waals surface area contributed by atoms with Gasteiger partial charge in [0.15, 0.2) is 5.69 Å². The number of hydrogen-bond donors (Lipinski definition) is 0. The predicted molar refractivity (Wildman–Crippen MR) is 87.8 cm³/mol. The molecule has 2 aromatic heterocycles. The van der Waals surface area contributed by atoms with Gasteiger partial charge in [0.05, 0.1) is 6.61 Å². The van der Waals surface area contributed by atoms with Crippen molar-refractivity contribution in [3.63, 3.8) is 0 Å². The number of esters is 1. The number of carbonyl (C=O) groups is 1. The highest BCUT2D eigenvalue weighted by Crippen LogP contribution is 2.31. The van der Waals surface area contributed by atoms with Crippen molar-refractivity contribution in [3.8, 4) is 5.69 Å². The van der Waals surface area contributed by atoms with Crippen molar-refractivity contribution in [2.24, 2.45) is 0 Å². The molecule has 0 saturated carbocycles. The lowest BCUT2D eigenvalue weighted by Crippen LogP contribution is -2.08. The van der Waals surface area contributed by atoms with Crippen molar-refractivity contribution in [2.45, 2.75) is 16.8 Å². The fourth-order valence-electron chi connectivity index (χ4n) is 2.10. The molecule has 0 amide bonds. The Morgan fingerprint density at radius 2 is 2.08 bits per heavy atom. The van der Waals surface area contributed by atoms with Crippen molar-refractivity contribution in [2.75, 3.05) is 6.61 Å². The van der Waals surface area contributed by atoms with E-state index in [2.05, 4.69) is 10.1 Å². The normalized spacial score (nSPS) is 10.7. The molecule has 5 nitrogen and oxygen atoms in total. The molecular weight excluding hydrogens is 348 g/mol. The van der Waals surface area contributed by atoms with Crippen molar-refractivity contribution in [1.82, 2.24) is 14.8 Å². The molecule has 0 aliphatic rings. The summed E-state index contributed by atoms with van der Waals surface area (Å²) in [6, 6.07) is 10.4. The van der Waals surface area contributed by atoms with Gasteiger partial charge in [0.2, 0.25) is 5.95 Å². The zero-order valence-corrected chi connectivity index (χ0v) is 14.0. The highest BCUT2D eigenvalue weighted by molar-refractivity contribution is 7.99. The Balaban J connectivity index is 2.05. The highest BCUT2D eigenvalue weighted by atomic mass is 32.2. The lowest BCUT2D eigenvalue weighted by atomic mass is 10.4. The van der Waals surface area contributed by atoms with Gasteiger partial charge in [0, 0.05) is 17.2 Å². The lowest BCUT2D eigenvalue weighted by Gasteiger charge is -2.07. The zero-order valence-electron chi connectivity index (χ0n) is 13.1. The first kappa shape index (κ1) is 17.1. The molecule has 3 rings (SSSR count). The topological polar surface area (TPSA) is 57.0 Å². The van der Waals surface area contributed by atoms with Crippen LogP contribution < -0.4 is 0 Å². The van der Waals surface area contributed by atoms with Crippen molar-refractivity contribution >= 4 is 17.7 Å². The Labute approximate surface area is 146 Å². The molecule has 0 N–H and O–H groups in total. The molecule has 2 heterocycles. The largest absolute Gasteiger partial charge is 0.461 e. The second-order valence-corrected chi connectivity index (χ2v) is 5.97. The van der Waals surface area contributed by atoms with Crippen LogP contribution in [0.4, 0.5) is 8.78 Å². The van der Waals surface area contributed by atoms with Crippen LogP contribution in [0.2, 0.25) is 0 Å². The van der Waals surface area contributed by atoms with Crippen LogP contribution in [-0.4, -0.2) is 27.3 Å². The van der Waals surface area contributed by atoms with Crippen LogP contribution in [0.1, 0.15) is 17.4 Å². The molecule has 8 heteroatoms. The van der Waals surface area contributed by atoms with Crippen LogP contribution in [0, 0.1) is 11.8 Å². The van der Waals surface area contributed by atoms with E-state index in [0.29, 0.717) is 9.92 Å². The summed E-state index contributed by atoms with van der Waals surface area (Å²) in [6.45, 7) is 1.87. The Morgan fingerprint density at radius 3 is 2.80 bits per heavy atom. The van der Waals surface area contributed by atoms with Crippen LogP contribution in [0.5, 0.6) is 0 Å². The van der Waals surface area contributed by atoms with E-state index in [4.69, 9.17) is 4.74 Å². The maximum atomic E-state index is 14.1. The van der Waals surface area contributed by atoms with Gasteiger partial charge >= 0.3 is 5.97 Å². The van der Waals surface area contributed by atoms with E-state index in [1.165, 1.54) is 35.1 Å². The average Bonchev–Trinajstić information content (AvgIpc) is 2.99. The molecule has 0 saturated heterocycles. The van der Waals surface area contributed by atoms with E-state index in [-0.39, 0.29) is 18.0 Å². The van der Waals surface area contributed by atoms with Gasteiger partial charge in [-0.05, 0) is 37.3 Å². The number of hydrogen-bond acceptors (Lipinski definition) is 5. The van der Waals surface area contributed by atoms with Crippen LogP contribution in [0.25, 0.3) is 5.69 Å². The molecule has 0 aliphatic heterocycles. The molecule has 0 atom stereocenters. The molecule has 0 aliphatic carbocycles. The molecule has 0 unspecified atom stereocenters. The van der Waals surface area contributed by atoms with Crippen molar-refractivity contribution in [3.05, 3.63) is 66.1 Å². The van der Waals surface area contributed by atoms with Crippen LogP contribution in [-0.2, 0) is 4.74 Å². The quantitative estimate of drug-likeness (QED) is 0.510. The van der Waals surface area contributed by atoms with E-state index < -0.39 is 17.7 Å². The summed E-state index contributed by atoms with van der Waals surface area (Å²) >= 11 is 1.15. The number of aromatic nitrogens is 3. The fourth-order valence-corrected chi connectivity index (χ4v) is 3.06. The van der Waals surface area contributed by atoms with Gasteiger partial charge < -0.3 is 4.74 Å². The smallest absolute Gasteiger partial charge is 0.358 e. The summed E-state index contributed by atoms with van der Waals surface area (Å²) in [5.74, 6) is -1.75. The molecule has 0 fully saturated rings. The van der Waals surface area contributed by atoms with Gasteiger partial charge in [-0.3, -0.25) is 0 Å². The third kappa shape index (κ3) is 3.85. The third-order valence-electron chi connectivity index (χ3n) is 3.15. The number of halogens is 2. The molecule has 3 aromatic rings. The molecule has 0 spiro atoms. The van der Waals surface area contributed by atoms with E-state index >= 15 is 0 Å². The maximum Gasteiger partial charge on any atom is 0.358 e. The monoisotopic (exact) mass is 361 g/mol. The Morgan fingerprint density at radius 1 is 1.24 bits per heavy atom. The first-order chi connectivity index (χ1) is 12.1. The second kappa shape index (κ2) is 7.43. The minimum Gasteiger partial charge on any atom is -0.461 e. The summed E-state index contributed by atoms with van der Waals surface area (Å²) in [5, 5.41) is 4.56. The van der Waals surface area contributed by atoms with Crippen molar-refractivity contribution < 1.29 is 18.3 Å². The first-order valence-corrected chi connectivity index (χ1v) is 8.21. The summed E-state index contributed by atoms with van der Waals surface area (Å²) in [5.41, 5.74) is 0.112. The summed E-state index contributed by atoms with van der Waals surface area (Å²) < 4.78 is 33.7. The third-order valence-corrected chi connectivity index (χ3v) is 4.14. The summed E-state index contributed by atoms with van der Waals surface area (Å²) in [4.78, 5) is 16.1. The maximum absolute atomic E-state index is 14.1. The van der Waals surface area contributed by atoms with Gasteiger partial charge in [0.1, 0.15) is 16.5 Å².